The van der Waals surface area contributed by atoms with Crippen LogP contribution in [-0.4, -0.2) is 96.7 Å². The Balaban J connectivity index is 5.27. The van der Waals surface area contributed by atoms with Crippen molar-refractivity contribution in [3.05, 3.63) is 0 Å². The summed E-state index contributed by atoms with van der Waals surface area (Å²) < 4.78 is 68.0. The van der Waals surface area contributed by atoms with E-state index < -0.39 is 97.5 Å². The molecule has 0 saturated heterocycles. The third kappa shape index (κ3) is 56.6. The van der Waals surface area contributed by atoms with Crippen LogP contribution in [0.5, 0.6) is 0 Å². The standard InChI is InChI=1S/C65H126O17P2/c1-9-57(7)43-35-27-19-13-16-20-29-37-45-62(67)75-51-60(81-64(69)47-39-31-21-14-11-17-25-33-41-55(3)4)53-79-83(71,72)77-49-59(66)50-78-84(73,74)80-54-61(52-76-63(68)46-38-30-24-23-28-36-44-58(8)10-2)82-65(70)48-40-32-22-15-12-18-26-34-42-56(5)6/h55-61,66H,9-54H2,1-8H3,(H,71,72)(H,73,74)/t57?,58?,59-,60-,61-/m1/s1. The predicted molar refractivity (Wildman–Crippen MR) is 335 cm³/mol. The Morgan fingerprint density at radius 3 is 0.845 bits per heavy atom. The number of aliphatic hydroxyl groups is 1. The number of hydrogen-bond donors (Lipinski definition) is 3. The molecule has 0 aliphatic heterocycles. The lowest BCUT2D eigenvalue weighted by Gasteiger charge is -2.21. The number of carbonyl (C=O) groups is 4. The zero-order valence-corrected chi connectivity index (χ0v) is 56.3. The normalized spacial score (nSPS) is 15.1. The number of phosphoric acid groups is 2. The Kier molecular flexibility index (Phi) is 53.9. The summed E-state index contributed by atoms with van der Waals surface area (Å²) in [4.78, 5) is 72.3. The number of hydrogen-bond acceptors (Lipinski definition) is 15. The molecule has 0 aromatic heterocycles. The number of carbonyl (C=O) groups excluding carboxylic acids is 4. The summed E-state index contributed by atoms with van der Waals surface area (Å²) >= 11 is 0. The molecule has 0 aliphatic carbocycles. The van der Waals surface area contributed by atoms with E-state index in [1.54, 1.807) is 0 Å². The molecule has 0 fully saturated rings. The molecule has 0 aromatic carbocycles. The van der Waals surface area contributed by atoms with Crippen LogP contribution in [-0.2, 0) is 65.4 Å². The summed E-state index contributed by atoms with van der Waals surface area (Å²) in [5, 5.41) is 10.5. The molecule has 0 radical (unpaired) electrons. The zero-order chi connectivity index (χ0) is 62.5. The molecule has 7 atom stereocenters. The average molecular weight is 1240 g/mol. The molecule has 3 N–H and O–H groups in total. The maximum absolute atomic E-state index is 13.0. The monoisotopic (exact) mass is 1240 g/mol. The molecule has 0 amide bonds. The van der Waals surface area contributed by atoms with E-state index in [9.17, 15) is 43.2 Å². The van der Waals surface area contributed by atoms with Gasteiger partial charge in [-0.15, -0.1) is 0 Å². The molecule has 0 aromatic rings. The summed E-state index contributed by atoms with van der Waals surface area (Å²) in [5.74, 6) is 0.805. The Hall–Kier alpha value is -1.94. The van der Waals surface area contributed by atoms with Gasteiger partial charge < -0.3 is 33.8 Å². The van der Waals surface area contributed by atoms with Crippen LogP contribution in [0.4, 0.5) is 0 Å². The second-order valence-corrected chi connectivity index (χ2v) is 27.8. The van der Waals surface area contributed by atoms with E-state index >= 15 is 0 Å². The lowest BCUT2D eigenvalue weighted by atomic mass is 9.99. The van der Waals surface area contributed by atoms with Gasteiger partial charge in [-0.25, -0.2) is 9.13 Å². The third-order valence-corrected chi connectivity index (χ3v) is 17.4. The summed E-state index contributed by atoms with van der Waals surface area (Å²) in [5.41, 5.74) is 0. The average Bonchev–Trinajstić information content (AvgIpc) is 3.48. The van der Waals surface area contributed by atoms with Gasteiger partial charge in [-0.05, 0) is 49.4 Å². The van der Waals surface area contributed by atoms with E-state index in [0.29, 0.717) is 25.7 Å². The van der Waals surface area contributed by atoms with Crippen molar-refractivity contribution in [3.63, 3.8) is 0 Å². The Labute approximate surface area is 511 Å². The van der Waals surface area contributed by atoms with E-state index in [4.69, 9.17) is 37.0 Å². The highest BCUT2D eigenvalue weighted by Crippen LogP contribution is 2.45. The lowest BCUT2D eigenvalue weighted by Crippen LogP contribution is -2.30. The molecule has 0 bridgehead atoms. The topological polar surface area (TPSA) is 237 Å². The highest BCUT2D eigenvalue weighted by atomic mass is 31.2. The molecule has 0 rings (SSSR count). The summed E-state index contributed by atoms with van der Waals surface area (Å²) in [6, 6.07) is 0. The second kappa shape index (κ2) is 55.2. The second-order valence-electron chi connectivity index (χ2n) is 24.9. The van der Waals surface area contributed by atoms with Crippen LogP contribution in [0.25, 0.3) is 0 Å². The van der Waals surface area contributed by atoms with E-state index in [-0.39, 0.29) is 25.7 Å². The van der Waals surface area contributed by atoms with Gasteiger partial charge in [0.05, 0.1) is 26.4 Å². The zero-order valence-electron chi connectivity index (χ0n) is 54.5. The molecule has 4 unspecified atom stereocenters. The van der Waals surface area contributed by atoms with Gasteiger partial charge in [0.15, 0.2) is 12.2 Å². The van der Waals surface area contributed by atoms with E-state index in [1.165, 1.54) is 109 Å². The molecule has 17 nitrogen and oxygen atoms in total. The van der Waals surface area contributed by atoms with Gasteiger partial charge in [-0.2, -0.15) is 0 Å². The smallest absolute Gasteiger partial charge is 0.462 e. The van der Waals surface area contributed by atoms with Gasteiger partial charge in [0.1, 0.15) is 19.3 Å². The fraction of sp³-hybridized carbons (Fsp3) is 0.938. The van der Waals surface area contributed by atoms with Crippen molar-refractivity contribution in [3.8, 4) is 0 Å². The molecular weight excluding hydrogens is 1110 g/mol. The number of unbranched alkanes of at least 4 members (excludes halogenated alkanes) is 26. The molecule has 0 heterocycles. The Morgan fingerprint density at radius 2 is 0.571 bits per heavy atom. The predicted octanol–water partition coefficient (Wildman–Crippen LogP) is 17.8. The SMILES string of the molecule is CCC(C)CCCCCCCCCCC(=O)OC[C@H](COP(=O)(O)OC[C@@H](O)COP(=O)(O)OC[C@@H](COC(=O)CCCCCCCCC(C)CC)OC(=O)CCCCCCCCCCC(C)C)OC(=O)CCCCCCCCCCC(C)C. The minimum absolute atomic E-state index is 0.103. The third-order valence-electron chi connectivity index (χ3n) is 15.5. The minimum Gasteiger partial charge on any atom is -0.462 e. The molecule has 0 spiro atoms. The van der Waals surface area contributed by atoms with Gasteiger partial charge in [0.25, 0.3) is 0 Å². The Bertz CT molecular complexity index is 1680. The summed E-state index contributed by atoms with van der Waals surface area (Å²) in [6.45, 7) is 14.0. The number of phosphoric ester groups is 2. The first-order valence-corrected chi connectivity index (χ1v) is 36.8. The van der Waals surface area contributed by atoms with E-state index in [2.05, 4.69) is 55.4 Å². The highest BCUT2D eigenvalue weighted by Gasteiger charge is 2.30. The van der Waals surface area contributed by atoms with Crippen LogP contribution in [0.3, 0.4) is 0 Å². The van der Waals surface area contributed by atoms with Crippen LogP contribution in [0.15, 0.2) is 0 Å². The van der Waals surface area contributed by atoms with Crippen molar-refractivity contribution in [2.75, 3.05) is 39.6 Å². The Morgan fingerprint density at radius 1 is 0.333 bits per heavy atom. The van der Waals surface area contributed by atoms with Crippen molar-refractivity contribution in [1.29, 1.82) is 0 Å². The minimum atomic E-state index is -4.95. The first-order chi connectivity index (χ1) is 40.2. The number of esters is 4. The fourth-order valence-electron chi connectivity index (χ4n) is 9.54. The van der Waals surface area contributed by atoms with E-state index in [0.717, 1.165) is 120 Å². The molecule has 0 saturated carbocycles. The largest absolute Gasteiger partial charge is 0.472 e. The molecule has 84 heavy (non-hydrogen) atoms. The maximum Gasteiger partial charge on any atom is 0.472 e. The highest BCUT2D eigenvalue weighted by molar-refractivity contribution is 7.47. The summed E-state index contributed by atoms with van der Waals surface area (Å²) in [7, 11) is -9.89. The van der Waals surface area contributed by atoms with Gasteiger partial charge >= 0.3 is 39.5 Å². The van der Waals surface area contributed by atoms with Crippen molar-refractivity contribution in [2.24, 2.45) is 23.7 Å². The number of aliphatic hydroxyl groups excluding tert-OH is 1. The molecule has 498 valence electrons. The molecule has 0 aliphatic rings. The first-order valence-electron chi connectivity index (χ1n) is 33.8. The van der Waals surface area contributed by atoms with Gasteiger partial charge in [-0.1, -0.05) is 261 Å². The number of rotatable bonds is 62. The number of ether oxygens (including phenoxy) is 4. The lowest BCUT2D eigenvalue weighted by molar-refractivity contribution is -0.161. The van der Waals surface area contributed by atoms with Crippen molar-refractivity contribution in [2.45, 2.75) is 331 Å². The van der Waals surface area contributed by atoms with Crippen molar-refractivity contribution in [1.82, 2.24) is 0 Å². The van der Waals surface area contributed by atoms with Crippen molar-refractivity contribution < 1.29 is 80.2 Å². The van der Waals surface area contributed by atoms with Gasteiger partial charge in [-0.3, -0.25) is 37.3 Å². The van der Waals surface area contributed by atoms with Gasteiger partial charge in [0.2, 0.25) is 0 Å². The first kappa shape index (κ1) is 82.1. The van der Waals surface area contributed by atoms with Crippen LogP contribution >= 0.6 is 15.6 Å². The summed E-state index contributed by atoms with van der Waals surface area (Å²) in [6.07, 6.45) is 34.9. The quantitative estimate of drug-likeness (QED) is 0.0222. The van der Waals surface area contributed by atoms with Crippen molar-refractivity contribution >= 4 is 39.5 Å². The van der Waals surface area contributed by atoms with Gasteiger partial charge in [0, 0.05) is 25.7 Å². The fourth-order valence-corrected chi connectivity index (χ4v) is 11.1. The van der Waals surface area contributed by atoms with Crippen LogP contribution in [0, 0.1) is 23.7 Å². The maximum atomic E-state index is 13.0. The van der Waals surface area contributed by atoms with Crippen LogP contribution < -0.4 is 0 Å². The van der Waals surface area contributed by atoms with Crippen LogP contribution in [0.1, 0.15) is 312 Å². The molecular formula is C65H126O17P2. The van der Waals surface area contributed by atoms with E-state index in [1.807, 2.05) is 0 Å². The molecule has 19 heteroatoms. The van der Waals surface area contributed by atoms with Crippen LogP contribution in [0.2, 0.25) is 0 Å².